The van der Waals surface area contributed by atoms with E-state index in [0.717, 1.165) is 33.3 Å². The van der Waals surface area contributed by atoms with Crippen molar-refractivity contribution in [1.29, 1.82) is 0 Å². The lowest BCUT2D eigenvalue weighted by atomic mass is 9.99. The maximum absolute atomic E-state index is 10.9. The number of nitrogens with zero attached hydrogens (tertiary/aromatic N) is 2. The second-order valence-electron chi connectivity index (χ2n) is 5.17. The fourth-order valence-corrected chi connectivity index (χ4v) is 3.11. The second-order valence-corrected chi connectivity index (χ2v) is 6.31. The summed E-state index contributed by atoms with van der Waals surface area (Å²) >= 11 is 1.73. The standard InChI is InChI=1S/C17H16N2O2S/c1-11-9-15(19-10-22-12(2)18-19)7-8-16(11)13-3-5-14(6-4-13)17(20)21/h3-9H,10H2,1-2H3,(H,20,21). The van der Waals surface area contributed by atoms with Gasteiger partial charge in [-0.15, -0.1) is 0 Å². The molecule has 2 aromatic carbocycles. The Labute approximate surface area is 133 Å². The molecular formula is C17H16N2O2S. The first-order chi connectivity index (χ1) is 10.5. The van der Waals surface area contributed by atoms with Crippen molar-refractivity contribution in [1.82, 2.24) is 0 Å². The number of hydrazone groups is 1. The molecule has 2 aromatic rings. The van der Waals surface area contributed by atoms with E-state index in [-0.39, 0.29) is 0 Å². The van der Waals surface area contributed by atoms with E-state index in [1.54, 1.807) is 23.9 Å². The van der Waals surface area contributed by atoms with Crippen LogP contribution in [0.4, 0.5) is 5.69 Å². The van der Waals surface area contributed by atoms with Gasteiger partial charge < -0.3 is 5.11 Å². The lowest BCUT2D eigenvalue weighted by Crippen LogP contribution is -2.10. The third-order valence-electron chi connectivity index (χ3n) is 3.61. The lowest BCUT2D eigenvalue weighted by Gasteiger charge is -2.15. The fourth-order valence-electron chi connectivity index (χ4n) is 2.44. The molecule has 0 saturated carbocycles. The van der Waals surface area contributed by atoms with Crippen LogP contribution in [0.2, 0.25) is 0 Å². The maximum atomic E-state index is 10.9. The highest BCUT2D eigenvalue weighted by Gasteiger charge is 2.14. The van der Waals surface area contributed by atoms with Crippen molar-refractivity contribution in [2.45, 2.75) is 13.8 Å². The zero-order valence-corrected chi connectivity index (χ0v) is 13.2. The van der Waals surface area contributed by atoms with Crippen LogP contribution in [0.1, 0.15) is 22.8 Å². The largest absolute Gasteiger partial charge is 0.478 e. The van der Waals surface area contributed by atoms with Crippen molar-refractivity contribution in [3.63, 3.8) is 0 Å². The molecule has 1 aliphatic rings. The number of carbonyl (C=O) groups is 1. The molecule has 0 fully saturated rings. The van der Waals surface area contributed by atoms with Gasteiger partial charge in [-0.05, 0) is 54.8 Å². The topological polar surface area (TPSA) is 52.9 Å². The lowest BCUT2D eigenvalue weighted by molar-refractivity contribution is 0.0697. The summed E-state index contributed by atoms with van der Waals surface area (Å²) in [6, 6.07) is 13.2. The van der Waals surface area contributed by atoms with Crippen molar-refractivity contribution >= 4 is 28.5 Å². The van der Waals surface area contributed by atoms with Gasteiger partial charge in [-0.3, -0.25) is 5.01 Å². The molecule has 3 rings (SSSR count). The van der Waals surface area contributed by atoms with Crippen LogP contribution in [0.5, 0.6) is 0 Å². The molecule has 112 valence electrons. The first kappa shape index (κ1) is 14.7. The summed E-state index contributed by atoms with van der Waals surface area (Å²) in [5, 5.41) is 16.5. The zero-order chi connectivity index (χ0) is 15.7. The third kappa shape index (κ3) is 2.85. The first-order valence-electron chi connectivity index (χ1n) is 6.94. The number of aromatic carboxylic acids is 1. The molecule has 0 radical (unpaired) electrons. The summed E-state index contributed by atoms with van der Waals surface area (Å²) < 4.78 is 0. The quantitative estimate of drug-likeness (QED) is 0.922. The van der Waals surface area contributed by atoms with Gasteiger partial charge in [0.15, 0.2) is 0 Å². The van der Waals surface area contributed by atoms with Crippen LogP contribution in [0.3, 0.4) is 0 Å². The van der Waals surface area contributed by atoms with Crippen molar-refractivity contribution in [3.8, 4) is 11.1 Å². The van der Waals surface area contributed by atoms with Crippen LogP contribution in [-0.2, 0) is 0 Å². The minimum absolute atomic E-state index is 0.303. The van der Waals surface area contributed by atoms with Crippen LogP contribution in [-0.4, -0.2) is 22.0 Å². The van der Waals surface area contributed by atoms with E-state index in [0.29, 0.717) is 5.56 Å². The summed E-state index contributed by atoms with van der Waals surface area (Å²) in [4.78, 5) is 10.9. The average molecular weight is 312 g/mol. The highest BCUT2D eigenvalue weighted by Crippen LogP contribution is 2.30. The summed E-state index contributed by atoms with van der Waals surface area (Å²) in [7, 11) is 0. The van der Waals surface area contributed by atoms with Crippen LogP contribution in [0.25, 0.3) is 11.1 Å². The van der Waals surface area contributed by atoms with Gasteiger partial charge in [0.25, 0.3) is 0 Å². The Morgan fingerprint density at radius 2 is 1.91 bits per heavy atom. The molecule has 0 spiro atoms. The van der Waals surface area contributed by atoms with Crippen LogP contribution in [0.15, 0.2) is 47.6 Å². The van der Waals surface area contributed by atoms with Crippen LogP contribution < -0.4 is 5.01 Å². The van der Waals surface area contributed by atoms with Gasteiger partial charge in [0.05, 0.1) is 22.2 Å². The maximum Gasteiger partial charge on any atom is 0.335 e. The van der Waals surface area contributed by atoms with Gasteiger partial charge in [0.1, 0.15) is 0 Å². The summed E-state index contributed by atoms with van der Waals surface area (Å²) in [6.07, 6.45) is 0. The number of carboxylic acids is 1. The van der Waals surface area contributed by atoms with E-state index in [2.05, 4.69) is 30.2 Å². The van der Waals surface area contributed by atoms with Gasteiger partial charge in [0, 0.05) is 0 Å². The average Bonchev–Trinajstić information content (AvgIpc) is 2.94. The molecule has 0 unspecified atom stereocenters. The van der Waals surface area contributed by atoms with E-state index >= 15 is 0 Å². The molecule has 0 aliphatic carbocycles. The summed E-state index contributed by atoms with van der Waals surface area (Å²) in [6.45, 7) is 4.07. The molecule has 0 saturated heterocycles. The number of thioether (sulfide) groups is 1. The number of hydrogen-bond acceptors (Lipinski definition) is 4. The highest BCUT2D eigenvalue weighted by molar-refractivity contribution is 8.14. The molecule has 22 heavy (non-hydrogen) atoms. The van der Waals surface area contributed by atoms with Crippen LogP contribution in [0, 0.1) is 6.92 Å². The normalized spacial score (nSPS) is 14.1. The van der Waals surface area contributed by atoms with E-state index in [1.807, 2.05) is 24.1 Å². The molecule has 1 heterocycles. The number of hydrogen-bond donors (Lipinski definition) is 1. The Morgan fingerprint density at radius 1 is 1.18 bits per heavy atom. The Hall–Kier alpha value is -2.27. The minimum atomic E-state index is -0.904. The second kappa shape index (κ2) is 5.85. The summed E-state index contributed by atoms with van der Waals surface area (Å²) in [5.74, 6) is -0.0591. The number of aryl methyl sites for hydroxylation is 1. The SMILES string of the molecule is CC1=NN(c2ccc(-c3ccc(C(=O)O)cc3)c(C)c2)CS1. The molecule has 0 aromatic heterocycles. The van der Waals surface area contributed by atoms with Gasteiger partial charge in [0.2, 0.25) is 0 Å². The van der Waals surface area contributed by atoms with Crippen molar-refractivity contribution in [2.24, 2.45) is 5.10 Å². The van der Waals surface area contributed by atoms with E-state index < -0.39 is 5.97 Å². The van der Waals surface area contributed by atoms with Crippen molar-refractivity contribution in [2.75, 3.05) is 10.9 Å². The van der Waals surface area contributed by atoms with Crippen molar-refractivity contribution < 1.29 is 9.90 Å². The number of anilines is 1. The molecule has 1 N–H and O–H groups in total. The van der Waals surface area contributed by atoms with Gasteiger partial charge >= 0.3 is 5.97 Å². The molecule has 1 aliphatic heterocycles. The monoisotopic (exact) mass is 312 g/mol. The zero-order valence-electron chi connectivity index (χ0n) is 12.4. The molecule has 0 atom stereocenters. The number of carboxylic acid groups (broad SMARTS) is 1. The number of rotatable bonds is 3. The third-order valence-corrected chi connectivity index (χ3v) is 4.48. The Morgan fingerprint density at radius 3 is 2.45 bits per heavy atom. The van der Waals surface area contributed by atoms with E-state index in [1.165, 1.54) is 0 Å². The molecule has 4 nitrogen and oxygen atoms in total. The molecule has 0 bridgehead atoms. The van der Waals surface area contributed by atoms with E-state index in [9.17, 15) is 4.79 Å². The Kier molecular flexibility index (Phi) is 3.90. The predicted molar refractivity (Wildman–Crippen MR) is 91.6 cm³/mol. The Bertz CT molecular complexity index is 754. The number of benzene rings is 2. The summed E-state index contributed by atoms with van der Waals surface area (Å²) in [5.41, 5.74) is 4.65. The predicted octanol–water partition coefficient (Wildman–Crippen LogP) is 4.20. The Balaban J connectivity index is 1.90. The molecule has 5 heteroatoms. The highest BCUT2D eigenvalue weighted by atomic mass is 32.2. The van der Waals surface area contributed by atoms with Crippen molar-refractivity contribution in [3.05, 3.63) is 53.6 Å². The van der Waals surface area contributed by atoms with Gasteiger partial charge in [-0.1, -0.05) is 30.0 Å². The first-order valence-corrected chi connectivity index (χ1v) is 7.93. The smallest absolute Gasteiger partial charge is 0.335 e. The minimum Gasteiger partial charge on any atom is -0.478 e. The molecular weight excluding hydrogens is 296 g/mol. The molecule has 0 amide bonds. The van der Waals surface area contributed by atoms with Gasteiger partial charge in [-0.25, -0.2) is 4.79 Å². The van der Waals surface area contributed by atoms with Crippen LogP contribution >= 0.6 is 11.8 Å². The van der Waals surface area contributed by atoms with E-state index in [4.69, 9.17) is 5.11 Å². The van der Waals surface area contributed by atoms with Gasteiger partial charge in [-0.2, -0.15) is 5.10 Å². The fraction of sp³-hybridized carbons (Fsp3) is 0.176.